The van der Waals surface area contributed by atoms with Gasteiger partial charge in [0.1, 0.15) is 11.9 Å². The van der Waals surface area contributed by atoms with E-state index in [-0.39, 0.29) is 12.0 Å². The second-order valence-electron chi connectivity index (χ2n) is 4.03. The number of carbonyl (C=O) groups is 1. The summed E-state index contributed by atoms with van der Waals surface area (Å²) in [5.74, 6) is 0.478. The molecule has 0 spiro atoms. The molecule has 0 radical (unpaired) electrons. The third-order valence-corrected chi connectivity index (χ3v) is 2.23. The summed E-state index contributed by atoms with van der Waals surface area (Å²) in [5, 5.41) is 2.78. The molecule has 1 aromatic rings. The van der Waals surface area contributed by atoms with Crippen molar-refractivity contribution < 1.29 is 14.3 Å². The van der Waals surface area contributed by atoms with Gasteiger partial charge in [0, 0.05) is 7.11 Å². The zero-order valence-corrected chi connectivity index (χ0v) is 10.7. The first-order chi connectivity index (χ1) is 8.04. The topological polar surface area (TPSA) is 47.6 Å². The Labute approximate surface area is 102 Å². The van der Waals surface area contributed by atoms with Gasteiger partial charge in [0.25, 0.3) is 5.91 Å². The van der Waals surface area contributed by atoms with Gasteiger partial charge in [0.15, 0.2) is 0 Å². The van der Waals surface area contributed by atoms with Gasteiger partial charge in [-0.2, -0.15) is 0 Å². The van der Waals surface area contributed by atoms with E-state index in [1.807, 2.05) is 32.0 Å². The number of nitrogens with one attached hydrogen (secondary N) is 1. The van der Waals surface area contributed by atoms with Crippen LogP contribution in [0.15, 0.2) is 24.3 Å². The van der Waals surface area contributed by atoms with Crippen LogP contribution < -0.4 is 10.1 Å². The minimum atomic E-state index is -0.484. The molecule has 0 aliphatic heterocycles. The second kappa shape index (κ2) is 6.25. The Bertz CT molecular complexity index is 377. The van der Waals surface area contributed by atoms with Gasteiger partial charge in [-0.05, 0) is 32.9 Å². The van der Waals surface area contributed by atoms with Gasteiger partial charge in [0.05, 0.1) is 11.8 Å². The molecule has 4 nitrogen and oxygen atoms in total. The van der Waals surface area contributed by atoms with Crippen molar-refractivity contribution in [1.29, 1.82) is 0 Å². The van der Waals surface area contributed by atoms with E-state index in [2.05, 4.69) is 5.32 Å². The zero-order valence-electron chi connectivity index (χ0n) is 10.7. The van der Waals surface area contributed by atoms with E-state index >= 15 is 0 Å². The maximum absolute atomic E-state index is 11.7. The average Bonchev–Trinajstić information content (AvgIpc) is 2.29. The molecule has 17 heavy (non-hydrogen) atoms. The highest BCUT2D eigenvalue weighted by Crippen LogP contribution is 2.24. The summed E-state index contributed by atoms with van der Waals surface area (Å²) >= 11 is 0. The number of hydrogen-bond acceptors (Lipinski definition) is 3. The molecule has 0 aliphatic carbocycles. The van der Waals surface area contributed by atoms with Crippen LogP contribution in [0, 0.1) is 0 Å². The zero-order chi connectivity index (χ0) is 12.8. The summed E-state index contributed by atoms with van der Waals surface area (Å²) in [6, 6.07) is 7.35. The number of methoxy groups -OCH3 is 1. The van der Waals surface area contributed by atoms with Crippen LogP contribution in [0.3, 0.4) is 0 Å². The average molecular weight is 237 g/mol. The van der Waals surface area contributed by atoms with Gasteiger partial charge in [-0.25, -0.2) is 0 Å². The maximum atomic E-state index is 11.7. The Morgan fingerprint density at radius 3 is 2.47 bits per heavy atom. The third-order valence-electron chi connectivity index (χ3n) is 2.23. The summed E-state index contributed by atoms with van der Waals surface area (Å²) in [5.41, 5.74) is 0.662. The third kappa shape index (κ3) is 4.07. The predicted molar refractivity (Wildman–Crippen MR) is 67.3 cm³/mol. The first kappa shape index (κ1) is 13.5. The van der Waals surface area contributed by atoms with Crippen LogP contribution in [0.5, 0.6) is 5.75 Å². The van der Waals surface area contributed by atoms with E-state index < -0.39 is 6.10 Å². The van der Waals surface area contributed by atoms with Gasteiger partial charge < -0.3 is 14.8 Å². The standard InChI is InChI=1S/C13H19NO3/c1-9(2)17-12-8-6-5-7-11(12)14-13(15)10(3)16-4/h5-10H,1-4H3,(H,14,15). The lowest BCUT2D eigenvalue weighted by atomic mass is 10.2. The molecule has 0 bridgehead atoms. The Kier molecular flexibility index (Phi) is 4.97. The molecule has 1 aromatic carbocycles. The lowest BCUT2D eigenvalue weighted by Gasteiger charge is -2.16. The van der Waals surface area contributed by atoms with E-state index in [1.165, 1.54) is 7.11 Å². The summed E-state index contributed by atoms with van der Waals surface area (Å²) in [4.78, 5) is 11.7. The van der Waals surface area contributed by atoms with Crippen LogP contribution in [0.1, 0.15) is 20.8 Å². The van der Waals surface area contributed by atoms with Crippen molar-refractivity contribution in [3.63, 3.8) is 0 Å². The van der Waals surface area contributed by atoms with Crippen molar-refractivity contribution in [1.82, 2.24) is 0 Å². The molecule has 0 fully saturated rings. The monoisotopic (exact) mass is 237 g/mol. The van der Waals surface area contributed by atoms with Crippen molar-refractivity contribution in [2.75, 3.05) is 12.4 Å². The van der Waals surface area contributed by atoms with Crippen molar-refractivity contribution in [3.8, 4) is 5.75 Å². The molecule has 4 heteroatoms. The second-order valence-corrected chi connectivity index (χ2v) is 4.03. The Morgan fingerprint density at radius 1 is 1.24 bits per heavy atom. The van der Waals surface area contributed by atoms with Gasteiger partial charge in [-0.1, -0.05) is 12.1 Å². The fraction of sp³-hybridized carbons (Fsp3) is 0.462. The lowest BCUT2D eigenvalue weighted by Crippen LogP contribution is -2.26. The van der Waals surface area contributed by atoms with Crippen molar-refractivity contribution in [2.45, 2.75) is 33.0 Å². The van der Waals surface area contributed by atoms with Crippen LogP contribution >= 0.6 is 0 Å². The first-order valence-corrected chi connectivity index (χ1v) is 5.64. The quantitative estimate of drug-likeness (QED) is 0.855. The van der Waals surface area contributed by atoms with Crippen LogP contribution in [-0.4, -0.2) is 25.2 Å². The first-order valence-electron chi connectivity index (χ1n) is 5.64. The van der Waals surface area contributed by atoms with E-state index in [0.717, 1.165) is 0 Å². The molecule has 1 atom stereocenters. The molecule has 0 saturated heterocycles. The number of carbonyl (C=O) groups excluding carboxylic acids is 1. The van der Waals surface area contributed by atoms with Gasteiger partial charge in [-0.3, -0.25) is 4.79 Å². The number of amides is 1. The normalized spacial score (nSPS) is 12.3. The largest absolute Gasteiger partial charge is 0.489 e. The predicted octanol–water partition coefficient (Wildman–Crippen LogP) is 2.45. The molecule has 0 aromatic heterocycles. The SMILES string of the molecule is COC(C)C(=O)Nc1ccccc1OC(C)C. The number of benzene rings is 1. The van der Waals surface area contributed by atoms with Crippen LogP contribution in [0.25, 0.3) is 0 Å². The van der Waals surface area contributed by atoms with Gasteiger partial charge >= 0.3 is 0 Å². The molecule has 0 saturated carbocycles. The van der Waals surface area contributed by atoms with Crippen molar-refractivity contribution in [3.05, 3.63) is 24.3 Å². The van der Waals surface area contributed by atoms with E-state index in [4.69, 9.17) is 9.47 Å². The van der Waals surface area contributed by atoms with E-state index in [0.29, 0.717) is 11.4 Å². The number of rotatable bonds is 5. The highest BCUT2D eigenvalue weighted by molar-refractivity contribution is 5.95. The number of hydrogen-bond donors (Lipinski definition) is 1. The summed E-state index contributed by atoms with van der Waals surface area (Å²) in [6.45, 7) is 5.58. The Hall–Kier alpha value is -1.55. The fourth-order valence-corrected chi connectivity index (χ4v) is 1.27. The molecule has 1 rings (SSSR count). The van der Waals surface area contributed by atoms with Gasteiger partial charge in [0.2, 0.25) is 0 Å². The number of ether oxygens (including phenoxy) is 2. The highest BCUT2D eigenvalue weighted by atomic mass is 16.5. The molecule has 94 valence electrons. The van der Waals surface area contributed by atoms with Crippen LogP contribution in [0.2, 0.25) is 0 Å². The summed E-state index contributed by atoms with van der Waals surface area (Å²) < 4.78 is 10.6. The molecular weight excluding hydrogens is 218 g/mol. The minimum absolute atomic E-state index is 0.0629. The summed E-state index contributed by atoms with van der Waals surface area (Å²) in [7, 11) is 1.50. The van der Waals surface area contributed by atoms with Crippen LogP contribution in [-0.2, 0) is 9.53 Å². The highest BCUT2D eigenvalue weighted by Gasteiger charge is 2.14. The van der Waals surface area contributed by atoms with Gasteiger partial charge in [-0.15, -0.1) is 0 Å². The number of anilines is 1. The number of para-hydroxylation sites is 2. The molecule has 0 heterocycles. The smallest absolute Gasteiger partial charge is 0.253 e. The Balaban J connectivity index is 2.79. The molecule has 1 N–H and O–H groups in total. The van der Waals surface area contributed by atoms with Crippen molar-refractivity contribution in [2.24, 2.45) is 0 Å². The lowest BCUT2D eigenvalue weighted by molar-refractivity contribution is -0.124. The van der Waals surface area contributed by atoms with E-state index in [1.54, 1.807) is 13.0 Å². The minimum Gasteiger partial charge on any atom is -0.489 e. The fourth-order valence-electron chi connectivity index (χ4n) is 1.27. The maximum Gasteiger partial charge on any atom is 0.253 e. The molecule has 0 aliphatic rings. The molecule has 1 unspecified atom stereocenters. The summed E-state index contributed by atoms with van der Waals surface area (Å²) in [6.07, 6.45) is -0.421. The molecule has 1 amide bonds. The molecular formula is C13H19NO3. The van der Waals surface area contributed by atoms with Crippen molar-refractivity contribution >= 4 is 11.6 Å². The van der Waals surface area contributed by atoms with Crippen LogP contribution in [0.4, 0.5) is 5.69 Å². The Morgan fingerprint density at radius 2 is 1.88 bits per heavy atom. The van der Waals surface area contributed by atoms with E-state index in [9.17, 15) is 4.79 Å².